The zero-order valence-corrected chi connectivity index (χ0v) is 25.3. The number of rotatable bonds is 11. The van der Waals surface area contributed by atoms with Gasteiger partial charge in [0.15, 0.2) is 0 Å². The molecule has 2 unspecified atom stereocenters. The lowest BCUT2D eigenvalue weighted by Crippen LogP contribution is -2.40. The number of H-pyrrole nitrogens is 1. The topological polar surface area (TPSA) is 108 Å². The molecule has 1 aliphatic heterocycles. The van der Waals surface area contributed by atoms with Gasteiger partial charge in [-0.05, 0) is 60.1 Å². The predicted molar refractivity (Wildman–Crippen MR) is 169 cm³/mol. The van der Waals surface area contributed by atoms with E-state index in [0.717, 1.165) is 71.3 Å². The van der Waals surface area contributed by atoms with Gasteiger partial charge in [0.05, 0.1) is 18.6 Å². The first-order valence-electron chi connectivity index (χ1n) is 15.5. The molecule has 9 heteroatoms. The van der Waals surface area contributed by atoms with Crippen molar-refractivity contribution in [2.45, 2.75) is 65.0 Å². The first kappa shape index (κ1) is 29.3. The van der Waals surface area contributed by atoms with Gasteiger partial charge < -0.3 is 4.74 Å². The van der Waals surface area contributed by atoms with Gasteiger partial charge in [0, 0.05) is 29.8 Å². The smallest absolute Gasteiger partial charge is 0.311 e. The van der Waals surface area contributed by atoms with Crippen LogP contribution in [-0.4, -0.2) is 42.6 Å². The Kier molecular flexibility index (Phi) is 8.81. The number of nitrogens with one attached hydrogen (secondary N) is 1. The molecule has 226 valence electrons. The van der Waals surface area contributed by atoms with E-state index in [1.807, 2.05) is 66.2 Å². The van der Waals surface area contributed by atoms with E-state index in [0.29, 0.717) is 25.3 Å². The van der Waals surface area contributed by atoms with Gasteiger partial charge in [0.1, 0.15) is 0 Å². The van der Waals surface area contributed by atoms with Crippen molar-refractivity contribution in [2.24, 2.45) is 5.92 Å². The van der Waals surface area contributed by atoms with Crippen molar-refractivity contribution in [3.05, 3.63) is 112 Å². The van der Waals surface area contributed by atoms with Crippen LogP contribution >= 0.6 is 0 Å². The van der Waals surface area contributed by atoms with Crippen LogP contribution in [0.25, 0.3) is 22.5 Å². The minimum Gasteiger partial charge on any atom is -0.466 e. The highest BCUT2D eigenvalue weighted by molar-refractivity contribution is 5.80. The minimum absolute atomic E-state index is 0.00652. The van der Waals surface area contributed by atoms with Gasteiger partial charge in [-0.2, -0.15) is 5.21 Å². The normalized spacial score (nSPS) is 15.1. The molecule has 0 aliphatic carbocycles. The molecule has 3 aromatic carbocycles. The summed E-state index contributed by atoms with van der Waals surface area (Å²) < 4.78 is 9.63. The summed E-state index contributed by atoms with van der Waals surface area (Å²) in [5.74, 6) is -0.132. The fraction of sp³-hybridized carbons (Fsp3) is 0.343. The minimum atomic E-state index is -0.440. The Labute approximate surface area is 256 Å². The molecule has 9 nitrogen and oxygen atoms in total. The summed E-state index contributed by atoms with van der Waals surface area (Å²) in [6.07, 6.45) is 4.48. The molecule has 0 saturated heterocycles. The lowest BCUT2D eigenvalue weighted by molar-refractivity contribution is -0.150. The number of nitrogens with zero attached hydrogens (tertiary/aromatic N) is 5. The Hall–Kier alpha value is -4.79. The second kappa shape index (κ2) is 13.2. The summed E-state index contributed by atoms with van der Waals surface area (Å²) in [5, 5.41) is 14.6. The number of carbonyl (C=O) groups is 1. The average molecular weight is 591 g/mol. The maximum absolute atomic E-state index is 14.3. The summed E-state index contributed by atoms with van der Waals surface area (Å²) >= 11 is 0. The molecule has 5 aromatic rings. The standard InChI is InChI=1S/C35H38N6O3/c1-3-11-31-29(22-25-17-19-26(20-18-25)27-14-8-9-15-28(27)33-36-38-39-37-33)34(42)41-32(16-10-21-40(31)41)30(35(43)44-4-2)23-24-12-6-5-7-13-24/h5-9,12-15,17-20,30,32H,3-4,10-11,16,21-23H2,1-2H3,(H,36,37,38,39). The van der Waals surface area contributed by atoms with Crippen LogP contribution in [0.1, 0.15) is 61.5 Å². The number of tetrazole rings is 1. The average Bonchev–Trinajstić information content (AvgIpc) is 3.69. The van der Waals surface area contributed by atoms with Gasteiger partial charge in [-0.15, -0.1) is 10.2 Å². The lowest BCUT2D eigenvalue weighted by Gasteiger charge is -2.33. The first-order valence-corrected chi connectivity index (χ1v) is 15.5. The second-order valence-corrected chi connectivity index (χ2v) is 11.4. The third kappa shape index (κ3) is 5.86. The van der Waals surface area contributed by atoms with E-state index in [1.165, 1.54) is 0 Å². The van der Waals surface area contributed by atoms with Gasteiger partial charge in [0.25, 0.3) is 5.56 Å². The molecule has 1 aliphatic rings. The molecule has 0 radical (unpaired) electrons. The molecule has 0 bridgehead atoms. The Morgan fingerprint density at radius 2 is 1.73 bits per heavy atom. The third-order valence-electron chi connectivity index (χ3n) is 8.57. The molecule has 0 amide bonds. The number of hydrogen-bond donors (Lipinski definition) is 1. The largest absolute Gasteiger partial charge is 0.466 e. The summed E-state index contributed by atoms with van der Waals surface area (Å²) in [4.78, 5) is 27.7. The van der Waals surface area contributed by atoms with E-state index in [2.05, 4.69) is 56.5 Å². The highest BCUT2D eigenvalue weighted by atomic mass is 16.5. The van der Waals surface area contributed by atoms with Gasteiger partial charge in [-0.25, -0.2) is 4.68 Å². The molecular weight excluding hydrogens is 552 g/mol. The molecule has 2 atom stereocenters. The monoisotopic (exact) mass is 590 g/mol. The number of fused-ring (bicyclic) bond motifs is 1. The molecule has 0 saturated carbocycles. The Balaban J connectivity index is 1.34. The van der Waals surface area contributed by atoms with E-state index in [4.69, 9.17) is 4.74 Å². The van der Waals surface area contributed by atoms with Crippen molar-refractivity contribution in [1.82, 2.24) is 30.0 Å². The van der Waals surface area contributed by atoms with E-state index in [-0.39, 0.29) is 17.6 Å². The Morgan fingerprint density at radius 3 is 2.43 bits per heavy atom. The molecule has 1 N–H and O–H groups in total. The maximum Gasteiger partial charge on any atom is 0.311 e. The van der Waals surface area contributed by atoms with E-state index in [9.17, 15) is 9.59 Å². The lowest BCUT2D eigenvalue weighted by atomic mass is 9.88. The highest BCUT2D eigenvalue weighted by Gasteiger charge is 2.37. The van der Waals surface area contributed by atoms with Crippen LogP contribution in [0.2, 0.25) is 0 Å². The SMILES string of the molecule is CCCc1c(Cc2ccc(-c3ccccc3-c3nn[nH]n3)cc2)c(=O)n2n1CCCC2C(Cc1ccccc1)C(=O)OCC. The number of benzene rings is 3. The van der Waals surface area contributed by atoms with Crippen molar-refractivity contribution < 1.29 is 9.53 Å². The first-order chi connectivity index (χ1) is 21.6. The van der Waals surface area contributed by atoms with Gasteiger partial charge in [0.2, 0.25) is 5.82 Å². The zero-order chi connectivity index (χ0) is 30.5. The molecular formula is C35H38N6O3. The van der Waals surface area contributed by atoms with Crippen LogP contribution in [0.5, 0.6) is 0 Å². The van der Waals surface area contributed by atoms with Gasteiger partial charge >= 0.3 is 5.97 Å². The Morgan fingerprint density at radius 1 is 0.977 bits per heavy atom. The van der Waals surface area contributed by atoms with Gasteiger partial charge in [-0.1, -0.05) is 92.2 Å². The van der Waals surface area contributed by atoms with E-state index >= 15 is 0 Å². The number of carbonyl (C=O) groups excluding carboxylic acids is 1. The number of aromatic amines is 1. The molecule has 0 fully saturated rings. The predicted octanol–water partition coefficient (Wildman–Crippen LogP) is 5.80. The summed E-state index contributed by atoms with van der Waals surface area (Å²) in [7, 11) is 0. The fourth-order valence-corrected chi connectivity index (χ4v) is 6.57. The van der Waals surface area contributed by atoms with Crippen LogP contribution in [0.15, 0.2) is 83.7 Å². The number of ether oxygens (including phenoxy) is 1. The van der Waals surface area contributed by atoms with Crippen molar-refractivity contribution in [1.29, 1.82) is 0 Å². The number of esters is 1. The quantitative estimate of drug-likeness (QED) is 0.195. The zero-order valence-electron chi connectivity index (χ0n) is 25.3. The molecule has 0 spiro atoms. The molecule has 6 rings (SSSR count). The third-order valence-corrected chi connectivity index (χ3v) is 8.57. The van der Waals surface area contributed by atoms with Crippen LogP contribution in [0.3, 0.4) is 0 Å². The van der Waals surface area contributed by atoms with E-state index < -0.39 is 5.92 Å². The van der Waals surface area contributed by atoms with Crippen molar-refractivity contribution >= 4 is 5.97 Å². The molecule has 44 heavy (non-hydrogen) atoms. The van der Waals surface area contributed by atoms with Crippen LogP contribution in [-0.2, 0) is 35.3 Å². The van der Waals surface area contributed by atoms with Crippen LogP contribution in [0, 0.1) is 5.92 Å². The summed E-state index contributed by atoms with van der Waals surface area (Å²) in [5.41, 5.74) is 6.98. The summed E-state index contributed by atoms with van der Waals surface area (Å²) in [6.45, 7) is 5.06. The summed E-state index contributed by atoms with van der Waals surface area (Å²) in [6, 6.07) is 26.1. The van der Waals surface area contributed by atoms with Crippen molar-refractivity contribution in [3.63, 3.8) is 0 Å². The Bertz CT molecular complexity index is 1760. The van der Waals surface area contributed by atoms with E-state index in [1.54, 1.807) is 0 Å². The van der Waals surface area contributed by atoms with Crippen molar-refractivity contribution in [2.75, 3.05) is 6.61 Å². The maximum atomic E-state index is 14.3. The van der Waals surface area contributed by atoms with Crippen molar-refractivity contribution in [3.8, 4) is 22.5 Å². The second-order valence-electron chi connectivity index (χ2n) is 11.4. The van der Waals surface area contributed by atoms with Crippen LogP contribution in [0.4, 0.5) is 0 Å². The van der Waals surface area contributed by atoms with Crippen LogP contribution < -0.4 is 5.56 Å². The molecule has 2 aromatic heterocycles. The molecule has 3 heterocycles. The highest BCUT2D eigenvalue weighted by Crippen LogP contribution is 2.34. The fourth-order valence-electron chi connectivity index (χ4n) is 6.57. The number of aromatic nitrogens is 6. The number of hydrogen-bond acceptors (Lipinski definition) is 6. The van der Waals surface area contributed by atoms with Gasteiger partial charge in [-0.3, -0.25) is 14.3 Å².